The Labute approximate surface area is 175 Å². The summed E-state index contributed by atoms with van der Waals surface area (Å²) in [6.07, 6.45) is 7.41. The van der Waals surface area contributed by atoms with Crippen molar-refractivity contribution in [1.29, 1.82) is 0 Å². The number of H-pyrrole nitrogens is 1. The summed E-state index contributed by atoms with van der Waals surface area (Å²) in [7, 11) is 1.55. The molecule has 0 bridgehead atoms. The van der Waals surface area contributed by atoms with Gasteiger partial charge in [-0.25, -0.2) is 5.10 Å². The van der Waals surface area contributed by atoms with Crippen LogP contribution in [0.25, 0.3) is 6.08 Å². The Morgan fingerprint density at radius 1 is 1.34 bits per heavy atom. The van der Waals surface area contributed by atoms with Crippen molar-refractivity contribution in [3.8, 4) is 11.5 Å². The van der Waals surface area contributed by atoms with Crippen LogP contribution in [0.2, 0.25) is 5.02 Å². The third kappa shape index (κ3) is 5.63. The van der Waals surface area contributed by atoms with Gasteiger partial charge < -0.3 is 14.4 Å². The number of benzene rings is 1. The lowest BCUT2D eigenvalue weighted by Crippen LogP contribution is -2.30. The van der Waals surface area contributed by atoms with Gasteiger partial charge in [-0.2, -0.15) is 4.98 Å². The average molecular weight is 420 g/mol. The lowest BCUT2D eigenvalue weighted by molar-refractivity contribution is -0.111. The number of methoxy groups -OCH3 is 1. The van der Waals surface area contributed by atoms with Gasteiger partial charge in [0.1, 0.15) is 0 Å². The number of ether oxygens (including phenoxy) is 2. The second kappa shape index (κ2) is 10.2. The molecule has 0 spiro atoms. The highest BCUT2D eigenvalue weighted by Crippen LogP contribution is 2.36. The Bertz CT molecular complexity index is 862. The number of hydrogen-bond donors (Lipinski definition) is 2. The van der Waals surface area contributed by atoms with Gasteiger partial charge in [0.05, 0.1) is 18.7 Å². The fourth-order valence-corrected chi connectivity index (χ4v) is 3.33. The maximum absolute atomic E-state index is 12.2. The SMILES string of the molecule is CCCOc1c(Cl)cc(/C=C/C(=O)Nc2nc(N3CCCCC3)n[nH]2)cc1OC. The van der Waals surface area contributed by atoms with Gasteiger partial charge in [0.25, 0.3) is 5.91 Å². The number of halogens is 1. The van der Waals surface area contributed by atoms with E-state index in [1.54, 1.807) is 25.3 Å². The first-order valence-corrected chi connectivity index (χ1v) is 10.1. The van der Waals surface area contributed by atoms with Gasteiger partial charge in [-0.1, -0.05) is 18.5 Å². The minimum absolute atomic E-state index is 0.319. The molecule has 2 N–H and O–H groups in total. The molecule has 0 radical (unpaired) electrons. The standard InChI is InChI=1S/C20H26ClN5O3/c1-3-11-29-18-15(21)12-14(13-16(18)28-2)7-8-17(27)22-19-23-20(25-24-19)26-9-5-4-6-10-26/h7-8,12-13H,3-6,9-11H2,1-2H3,(H2,22,23,24,25,27)/b8-7+. The highest BCUT2D eigenvalue weighted by atomic mass is 35.5. The zero-order valence-corrected chi connectivity index (χ0v) is 17.5. The third-order valence-electron chi connectivity index (χ3n) is 4.48. The molecule has 29 heavy (non-hydrogen) atoms. The molecular weight excluding hydrogens is 394 g/mol. The molecule has 0 saturated carbocycles. The van der Waals surface area contributed by atoms with Crippen LogP contribution in [0, 0.1) is 0 Å². The van der Waals surface area contributed by atoms with Crippen LogP contribution in [-0.2, 0) is 4.79 Å². The lowest BCUT2D eigenvalue weighted by atomic mass is 10.1. The molecule has 2 heterocycles. The smallest absolute Gasteiger partial charge is 0.250 e. The van der Waals surface area contributed by atoms with Crippen molar-refractivity contribution in [2.45, 2.75) is 32.6 Å². The molecule has 1 saturated heterocycles. The average Bonchev–Trinajstić information content (AvgIpc) is 3.20. The number of rotatable bonds is 8. The molecule has 1 aromatic carbocycles. The molecule has 1 aliphatic rings. The summed E-state index contributed by atoms with van der Waals surface area (Å²) in [4.78, 5) is 18.7. The number of carbonyl (C=O) groups excluding carboxylic acids is 1. The van der Waals surface area contributed by atoms with E-state index >= 15 is 0 Å². The monoisotopic (exact) mass is 419 g/mol. The predicted octanol–water partition coefficient (Wildman–Crippen LogP) is 3.90. The lowest BCUT2D eigenvalue weighted by Gasteiger charge is -2.24. The topological polar surface area (TPSA) is 92.4 Å². The maximum Gasteiger partial charge on any atom is 0.250 e. The Kier molecular flexibility index (Phi) is 7.35. The van der Waals surface area contributed by atoms with Crippen LogP contribution < -0.4 is 19.7 Å². The summed E-state index contributed by atoms with van der Waals surface area (Å²) in [6.45, 7) is 4.43. The van der Waals surface area contributed by atoms with E-state index in [1.165, 1.54) is 12.5 Å². The molecule has 0 aliphatic carbocycles. The fourth-order valence-electron chi connectivity index (χ4n) is 3.05. The van der Waals surface area contributed by atoms with Crippen molar-refractivity contribution < 1.29 is 14.3 Å². The molecule has 9 heteroatoms. The first-order valence-electron chi connectivity index (χ1n) is 9.77. The largest absolute Gasteiger partial charge is 0.493 e. The number of nitrogens with one attached hydrogen (secondary N) is 2. The highest BCUT2D eigenvalue weighted by Gasteiger charge is 2.16. The fraction of sp³-hybridized carbons (Fsp3) is 0.450. The molecule has 1 fully saturated rings. The highest BCUT2D eigenvalue weighted by molar-refractivity contribution is 6.32. The second-order valence-electron chi connectivity index (χ2n) is 6.74. The normalized spacial score (nSPS) is 14.2. The number of carbonyl (C=O) groups is 1. The number of anilines is 2. The summed E-state index contributed by atoms with van der Waals surface area (Å²) in [5, 5.41) is 10.1. The Morgan fingerprint density at radius 2 is 2.14 bits per heavy atom. The van der Waals surface area contributed by atoms with Gasteiger partial charge in [0.2, 0.25) is 11.9 Å². The van der Waals surface area contributed by atoms with E-state index in [4.69, 9.17) is 21.1 Å². The van der Waals surface area contributed by atoms with Crippen LogP contribution in [-0.4, -0.2) is 47.9 Å². The number of nitrogens with zero attached hydrogens (tertiary/aromatic N) is 3. The van der Waals surface area contributed by atoms with Gasteiger partial charge in [0, 0.05) is 19.2 Å². The molecule has 2 aromatic rings. The van der Waals surface area contributed by atoms with Crippen molar-refractivity contribution in [2.24, 2.45) is 0 Å². The van der Waals surface area contributed by atoms with E-state index in [-0.39, 0.29) is 5.91 Å². The Hall–Kier alpha value is -2.74. The Balaban J connectivity index is 1.63. The van der Waals surface area contributed by atoms with Crippen molar-refractivity contribution in [3.05, 3.63) is 28.8 Å². The summed E-state index contributed by atoms with van der Waals surface area (Å²) in [6, 6.07) is 3.49. The van der Waals surface area contributed by atoms with Crippen LogP contribution in [0.5, 0.6) is 11.5 Å². The molecule has 0 atom stereocenters. The molecule has 1 amide bonds. The summed E-state index contributed by atoms with van der Waals surface area (Å²) in [5.74, 6) is 1.63. The van der Waals surface area contributed by atoms with Gasteiger partial charge in [-0.3, -0.25) is 10.1 Å². The summed E-state index contributed by atoms with van der Waals surface area (Å²) in [5.41, 5.74) is 0.720. The number of amides is 1. The van der Waals surface area contributed by atoms with Crippen molar-refractivity contribution >= 4 is 35.5 Å². The first kappa shape index (κ1) is 21.0. The molecule has 3 rings (SSSR count). The molecule has 1 aromatic heterocycles. The van der Waals surface area contributed by atoms with E-state index in [9.17, 15) is 4.79 Å². The minimum atomic E-state index is -0.326. The van der Waals surface area contributed by atoms with Crippen molar-refractivity contribution in [1.82, 2.24) is 15.2 Å². The number of aromatic amines is 1. The number of aromatic nitrogens is 3. The molecule has 8 nitrogen and oxygen atoms in total. The minimum Gasteiger partial charge on any atom is -0.493 e. The quantitative estimate of drug-likeness (QED) is 0.630. The molecular formula is C20H26ClN5O3. The second-order valence-corrected chi connectivity index (χ2v) is 7.14. The molecule has 156 valence electrons. The van der Waals surface area contributed by atoms with E-state index < -0.39 is 0 Å². The van der Waals surface area contributed by atoms with Crippen LogP contribution in [0.3, 0.4) is 0 Å². The Morgan fingerprint density at radius 3 is 2.86 bits per heavy atom. The zero-order chi connectivity index (χ0) is 20.6. The number of piperidine rings is 1. The van der Waals surface area contributed by atoms with Gasteiger partial charge in [0.15, 0.2) is 11.5 Å². The predicted molar refractivity (Wildman–Crippen MR) is 114 cm³/mol. The molecule has 1 aliphatic heterocycles. The van der Waals surface area contributed by atoms with E-state index in [0.29, 0.717) is 35.0 Å². The van der Waals surface area contributed by atoms with E-state index in [2.05, 4.69) is 25.4 Å². The van der Waals surface area contributed by atoms with Crippen LogP contribution in [0.1, 0.15) is 38.2 Å². The van der Waals surface area contributed by atoms with Gasteiger partial charge >= 0.3 is 0 Å². The van der Waals surface area contributed by atoms with Gasteiger partial charge in [-0.05, 0) is 49.5 Å². The van der Waals surface area contributed by atoms with Crippen molar-refractivity contribution in [2.75, 3.05) is 37.0 Å². The first-order chi connectivity index (χ1) is 14.1. The van der Waals surface area contributed by atoms with E-state index in [1.807, 2.05) is 6.92 Å². The van der Waals surface area contributed by atoms with E-state index in [0.717, 1.165) is 37.9 Å². The zero-order valence-electron chi connectivity index (χ0n) is 16.7. The number of hydrogen-bond acceptors (Lipinski definition) is 6. The van der Waals surface area contributed by atoms with Crippen LogP contribution in [0.15, 0.2) is 18.2 Å². The molecule has 0 unspecified atom stereocenters. The van der Waals surface area contributed by atoms with Crippen LogP contribution in [0.4, 0.5) is 11.9 Å². The maximum atomic E-state index is 12.2. The summed E-state index contributed by atoms with van der Waals surface area (Å²) >= 11 is 6.30. The third-order valence-corrected chi connectivity index (χ3v) is 4.76. The van der Waals surface area contributed by atoms with Gasteiger partial charge in [-0.15, -0.1) is 5.10 Å². The van der Waals surface area contributed by atoms with Crippen LogP contribution >= 0.6 is 11.6 Å². The summed E-state index contributed by atoms with van der Waals surface area (Å²) < 4.78 is 11.0. The van der Waals surface area contributed by atoms with Crippen molar-refractivity contribution in [3.63, 3.8) is 0 Å².